The number of rotatable bonds is 9. The standard InChI is InChI=1S/C25H23FN6O4S/c1-16(27-24(33)28-19-4-3-5-22(14-19)36-2)23-29-30-25(37-15-17-6-8-18(26)9-7-17)31(23)20-10-12-21(13-11-20)32(34)35/h3-14,16H,15H2,1-2H3,(H2,27,28,33). The van der Waals surface area contributed by atoms with E-state index in [9.17, 15) is 19.3 Å². The van der Waals surface area contributed by atoms with Crippen LogP contribution in [-0.2, 0) is 5.75 Å². The number of halogens is 1. The molecule has 190 valence electrons. The van der Waals surface area contributed by atoms with Crippen LogP contribution >= 0.6 is 11.8 Å². The summed E-state index contributed by atoms with van der Waals surface area (Å²) in [6.45, 7) is 1.76. The fourth-order valence-electron chi connectivity index (χ4n) is 3.48. The summed E-state index contributed by atoms with van der Waals surface area (Å²) in [5.41, 5.74) is 1.98. The number of carbonyl (C=O) groups excluding carboxylic acids is 1. The summed E-state index contributed by atoms with van der Waals surface area (Å²) in [7, 11) is 1.54. The molecule has 10 nitrogen and oxygen atoms in total. The second-order valence-electron chi connectivity index (χ2n) is 7.92. The Morgan fingerprint density at radius 2 is 1.86 bits per heavy atom. The van der Waals surface area contributed by atoms with E-state index >= 15 is 0 Å². The minimum atomic E-state index is -0.575. The molecule has 1 atom stereocenters. The molecule has 0 saturated heterocycles. The van der Waals surface area contributed by atoms with E-state index < -0.39 is 17.0 Å². The molecule has 1 heterocycles. The maximum atomic E-state index is 13.3. The van der Waals surface area contributed by atoms with Gasteiger partial charge in [0.1, 0.15) is 11.6 Å². The lowest BCUT2D eigenvalue weighted by atomic mass is 10.2. The highest BCUT2D eigenvalue weighted by atomic mass is 32.2. The Labute approximate surface area is 216 Å². The van der Waals surface area contributed by atoms with Crippen LogP contribution in [0.4, 0.5) is 20.6 Å². The van der Waals surface area contributed by atoms with Crippen molar-refractivity contribution in [3.05, 3.63) is 100 Å². The molecule has 0 fully saturated rings. The number of benzene rings is 3. The predicted molar refractivity (Wildman–Crippen MR) is 138 cm³/mol. The third-order valence-electron chi connectivity index (χ3n) is 5.32. The molecule has 0 aliphatic carbocycles. The van der Waals surface area contributed by atoms with Crippen LogP contribution in [0.3, 0.4) is 0 Å². The molecule has 0 radical (unpaired) electrons. The van der Waals surface area contributed by atoms with Gasteiger partial charge in [-0.05, 0) is 48.9 Å². The van der Waals surface area contributed by atoms with Gasteiger partial charge in [-0.2, -0.15) is 0 Å². The van der Waals surface area contributed by atoms with Gasteiger partial charge in [0, 0.05) is 35.3 Å². The number of nitro groups is 1. The molecule has 3 aromatic carbocycles. The average Bonchev–Trinajstić information content (AvgIpc) is 3.32. The van der Waals surface area contributed by atoms with E-state index in [2.05, 4.69) is 20.8 Å². The molecular formula is C25H23FN6O4S. The van der Waals surface area contributed by atoms with Crippen molar-refractivity contribution in [2.45, 2.75) is 23.9 Å². The van der Waals surface area contributed by atoms with Crippen molar-refractivity contribution < 1.29 is 18.8 Å². The maximum absolute atomic E-state index is 13.3. The quantitative estimate of drug-likeness (QED) is 0.169. The lowest BCUT2D eigenvalue weighted by Crippen LogP contribution is -2.32. The van der Waals surface area contributed by atoms with Crippen molar-refractivity contribution in [2.75, 3.05) is 12.4 Å². The van der Waals surface area contributed by atoms with Crippen LogP contribution in [0.25, 0.3) is 5.69 Å². The third kappa shape index (κ3) is 6.41. The highest BCUT2D eigenvalue weighted by Gasteiger charge is 2.22. The first-order valence-electron chi connectivity index (χ1n) is 11.1. The number of hydrogen-bond donors (Lipinski definition) is 2. The van der Waals surface area contributed by atoms with Crippen LogP contribution in [0.2, 0.25) is 0 Å². The van der Waals surface area contributed by atoms with Crippen molar-refractivity contribution in [3.63, 3.8) is 0 Å². The van der Waals surface area contributed by atoms with Gasteiger partial charge < -0.3 is 15.4 Å². The van der Waals surface area contributed by atoms with Gasteiger partial charge in [0.05, 0.1) is 18.1 Å². The number of nitrogens with zero attached hydrogens (tertiary/aromatic N) is 4. The van der Waals surface area contributed by atoms with Crippen LogP contribution in [0.15, 0.2) is 78.0 Å². The molecule has 1 unspecified atom stereocenters. The van der Waals surface area contributed by atoms with Crippen LogP contribution in [-0.4, -0.2) is 32.8 Å². The fourth-order valence-corrected chi connectivity index (χ4v) is 4.39. The van der Waals surface area contributed by atoms with E-state index in [4.69, 9.17) is 4.74 Å². The molecule has 37 heavy (non-hydrogen) atoms. The number of methoxy groups -OCH3 is 1. The minimum absolute atomic E-state index is 0.0530. The van der Waals surface area contributed by atoms with Gasteiger partial charge in [0.15, 0.2) is 11.0 Å². The molecule has 0 saturated carbocycles. The molecule has 0 aliphatic rings. The first-order valence-corrected chi connectivity index (χ1v) is 12.1. The molecule has 4 aromatic rings. The highest BCUT2D eigenvalue weighted by Crippen LogP contribution is 2.28. The van der Waals surface area contributed by atoms with E-state index in [0.29, 0.717) is 33.9 Å². The Bertz CT molecular complexity index is 1400. The third-order valence-corrected chi connectivity index (χ3v) is 6.32. The van der Waals surface area contributed by atoms with E-state index in [-0.39, 0.29) is 11.5 Å². The first-order chi connectivity index (χ1) is 17.8. The zero-order valence-electron chi connectivity index (χ0n) is 19.9. The number of urea groups is 1. The molecule has 4 rings (SSSR count). The zero-order chi connectivity index (χ0) is 26.4. The van der Waals surface area contributed by atoms with Gasteiger partial charge in [-0.1, -0.05) is 30.0 Å². The van der Waals surface area contributed by atoms with Crippen molar-refractivity contribution in [2.24, 2.45) is 0 Å². The van der Waals surface area contributed by atoms with E-state index in [1.807, 2.05) is 0 Å². The lowest BCUT2D eigenvalue weighted by Gasteiger charge is -2.17. The van der Waals surface area contributed by atoms with Gasteiger partial charge in [-0.15, -0.1) is 10.2 Å². The summed E-state index contributed by atoms with van der Waals surface area (Å²) in [4.78, 5) is 23.3. The Morgan fingerprint density at radius 3 is 2.54 bits per heavy atom. The number of thioether (sulfide) groups is 1. The number of aromatic nitrogens is 3. The number of carbonyl (C=O) groups is 1. The van der Waals surface area contributed by atoms with E-state index in [0.717, 1.165) is 5.56 Å². The number of ether oxygens (including phenoxy) is 1. The van der Waals surface area contributed by atoms with Crippen molar-refractivity contribution >= 4 is 29.2 Å². The average molecular weight is 523 g/mol. The van der Waals surface area contributed by atoms with Gasteiger partial charge in [-0.3, -0.25) is 14.7 Å². The van der Waals surface area contributed by atoms with Gasteiger partial charge in [0.2, 0.25) is 0 Å². The topological polar surface area (TPSA) is 124 Å². The molecule has 12 heteroatoms. The summed E-state index contributed by atoms with van der Waals surface area (Å²) in [5.74, 6) is 1.20. The number of amides is 2. The van der Waals surface area contributed by atoms with Gasteiger partial charge >= 0.3 is 6.03 Å². The predicted octanol–water partition coefficient (Wildman–Crippen LogP) is 5.50. The normalized spacial score (nSPS) is 11.5. The zero-order valence-corrected chi connectivity index (χ0v) is 20.7. The molecule has 0 bridgehead atoms. The smallest absolute Gasteiger partial charge is 0.319 e. The summed E-state index contributed by atoms with van der Waals surface area (Å²) >= 11 is 1.37. The van der Waals surface area contributed by atoms with Gasteiger partial charge in [0.25, 0.3) is 5.69 Å². The highest BCUT2D eigenvalue weighted by molar-refractivity contribution is 7.98. The lowest BCUT2D eigenvalue weighted by molar-refractivity contribution is -0.384. The van der Waals surface area contributed by atoms with E-state index in [1.54, 1.807) is 60.0 Å². The fraction of sp³-hybridized carbons (Fsp3) is 0.160. The first kappa shape index (κ1) is 25.6. The molecule has 0 aliphatic heterocycles. The minimum Gasteiger partial charge on any atom is -0.497 e. The summed E-state index contributed by atoms with van der Waals surface area (Å²) in [6, 6.07) is 18.0. The second kappa shape index (κ2) is 11.5. The number of non-ortho nitro benzene ring substituents is 1. The number of anilines is 1. The van der Waals surface area contributed by atoms with Crippen molar-refractivity contribution in [3.8, 4) is 11.4 Å². The Morgan fingerprint density at radius 1 is 1.14 bits per heavy atom. The van der Waals surface area contributed by atoms with E-state index in [1.165, 1.54) is 43.1 Å². The second-order valence-corrected chi connectivity index (χ2v) is 8.86. The number of nitro benzene ring substituents is 1. The largest absolute Gasteiger partial charge is 0.497 e. The summed E-state index contributed by atoms with van der Waals surface area (Å²) in [6.07, 6.45) is 0. The SMILES string of the molecule is COc1cccc(NC(=O)NC(C)c2nnc(SCc3ccc(F)cc3)n2-c2ccc([N+](=O)[O-])cc2)c1. The van der Waals surface area contributed by atoms with Crippen LogP contribution in [0.5, 0.6) is 5.75 Å². The van der Waals surface area contributed by atoms with Crippen molar-refractivity contribution in [1.29, 1.82) is 0 Å². The molecule has 2 amide bonds. The summed E-state index contributed by atoms with van der Waals surface area (Å²) in [5, 5.41) is 25.8. The Hall–Kier alpha value is -4.45. The molecular weight excluding hydrogens is 499 g/mol. The molecule has 1 aromatic heterocycles. The Kier molecular flexibility index (Phi) is 7.98. The van der Waals surface area contributed by atoms with Crippen LogP contribution in [0, 0.1) is 15.9 Å². The van der Waals surface area contributed by atoms with Crippen LogP contribution in [0.1, 0.15) is 24.4 Å². The van der Waals surface area contributed by atoms with Gasteiger partial charge in [-0.25, -0.2) is 9.18 Å². The number of nitrogens with one attached hydrogen (secondary N) is 2. The molecule has 0 spiro atoms. The van der Waals surface area contributed by atoms with Crippen LogP contribution < -0.4 is 15.4 Å². The monoisotopic (exact) mass is 522 g/mol. The Balaban J connectivity index is 1.58. The summed E-state index contributed by atoms with van der Waals surface area (Å²) < 4.78 is 20.2. The molecule has 2 N–H and O–H groups in total. The maximum Gasteiger partial charge on any atom is 0.319 e. The number of hydrogen-bond acceptors (Lipinski definition) is 7. The van der Waals surface area contributed by atoms with Crippen molar-refractivity contribution in [1.82, 2.24) is 20.1 Å².